The molecule has 0 aromatic carbocycles. The molecule has 1 saturated carbocycles. The van der Waals surface area contributed by atoms with E-state index in [9.17, 15) is 9.59 Å². The maximum Gasteiger partial charge on any atom is 0.410 e. The quantitative estimate of drug-likeness (QED) is 0.385. The van der Waals surface area contributed by atoms with E-state index >= 15 is 0 Å². The summed E-state index contributed by atoms with van der Waals surface area (Å²) in [5.74, 6) is 1.20. The summed E-state index contributed by atoms with van der Waals surface area (Å²) in [6, 6.07) is 0. The minimum Gasteiger partial charge on any atom is -0.446 e. The monoisotopic (exact) mass is 489 g/mol. The van der Waals surface area contributed by atoms with Crippen molar-refractivity contribution in [1.82, 2.24) is 14.7 Å². The van der Waals surface area contributed by atoms with Crippen molar-refractivity contribution in [2.24, 2.45) is 17.8 Å². The van der Waals surface area contributed by atoms with E-state index in [1.807, 2.05) is 19.0 Å². The zero-order valence-electron chi connectivity index (χ0n) is 22.1. The van der Waals surface area contributed by atoms with Crippen molar-refractivity contribution in [3.8, 4) is 0 Å². The van der Waals surface area contributed by atoms with Crippen LogP contribution in [0.25, 0.3) is 0 Å². The van der Waals surface area contributed by atoms with Crippen LogP contribution in [-0.4, -0.2) is 104 Å². The number of hydrogen-bond acceptors (Lipinski definition) is 6. The minimum atomic E-state index is -0.178. The predicted octanol–water partition coefficient (Wildman–Crippen LogP) is 2.92. The van der Waals surface area contributed by atoms with E-state index in [0.29, 0.717) is 5.92 Å². The highest BCUT2D eigenvalue weighted by Gasteiger charge is 2.68. The average Bonchev–Trinajstić information content (AvgIpc) is 3.65. The molecule has 1 aliphatic carbocycles. The molecule has 4 aliphatic heterocycles. The van der Waals surface area contributed by atoms with Gasteiger partial charge < -0.3 is 28.9 Å². The second-order valence-electron chi connectivity index (χ2n) is 12.2. The number of allylic oxidation sites excluding steroid dienone is 1. The molecule has 35 heavy (non-hydrogen) atoms. The van der Waals surface area contributed by atoms with Crippen LogP contribution in [0, 0.1) is 17.8 Å². The fourth-order valence-corrected chi connectivity index (χ4v) is 6.44. The molecule has 0 N–H and O–H groups in total. The van der Waals surface area contributed by atoms with E-state index in [1.165, 1.54) is 5.57 Å². The van der Waals surface area contributed by atoms with E-state index in [1.54, 1.807) is 4.90 Å². The highest BCUT2D eigenvalue weighted by molar-refractivity contribution is 5.79. The molecule has 8 heteroatoms. The number of ether oxygens (including phenoxy) is 3. The molecule has 8 nitrogen and oxygen atoms in total. The molecule has 1 spiro atoms. The summed E-state index contributed by atoms with van der Waals surface area (Å²) in [5.41, 5.74) is 1.08. The standard InChI is InChI=1S/C27H43N3O5/c1-18(2)6-7-23-26(3,35-23)22-12-21(8-10-27(22)17-33-27)34-25(32)30-13-19(14-30)9-11-29-15-20(16-29)24(31)28(4)5/h6,19-23H,7-17H2,1-5H3/t21?,22?,23-,26-,27?/m1/s1. The van der Waals surface area contributed by atoms with Gasteiger partial charge in [0.1, 0.15) is 6.10 Å². The minimum absolute atomic E-state index is 0.0567. The van der Waals surface area contributed by atoms with Crippen LogP contribution in [0.2, 0.25) is 0 Å². The summed E-state index contributed by atoms with van der Waals surface area (Å²) < 4.78 is 18.1. The molecule has 0 aromatic heterocycles. The Hall–Kier alpha value is -1.64. The molecule has 0 bridgehead atoms. The van der Waals surface area contributed by atoms with Crippen molar-refractivity contribution >= 4 is 12.0 Å². The van der Waals surface area contributed by atoms with Gasteiger partial charge in [0.2, 0.25) is 5.91 Å². The third-order valence-electron chi connectivity index (χ3n) is 9.03. The van der Waals surface area contributed by atoms with Gasteiger partial charge in [0.25, 0.3) is 0 Å². The highest BCUT2D eigenvalue weighted by atomic mass is 16.6. The summed E-state index contributed by atoms with van der Waals surface area (Å²) in [6.45, 7) is 11.6. The molecule has 5 fully saturated rings. The van der Waals surface area contributed by atoms with Gasteiger partial charge in [-0.05, 0) is 65.3 Å². The second-order valence-corrected chi connectivity index (χ2v) is 12.2. The summed E-state index contributed by atoms with van der Waals surface area (Å²) >= 11 is 0. The van der Waals surface area contributed by atoms with Crippen LogP contribution in [0.15, 0.2) is 11.6 Å². The third-order valence-corrected chi connectivity index (χ3v) is 9.03. The largest absolute Gasteiger partial charge is 0.446 e. The maximum atomic E-state index is 12.8. The van der Waals surface area contributed by atoms with Crippen LogP contribution >= 0.6 is 0 Å². The lowest BCUT2D eigenvalue weighted by Gasteiger charge is -2.43. The van der Waals surface area contributed by atoms with E-state index in [0.717, 1.165) is 71.4 Å². The van der Waals surface area contributed by atoms with E-state index < -0.39 is 0 Å². The molecule has 5 atom stereocenters. The van der Waals surface area contributed by atoms with Crippen molar-refractivity contribution in [2.45, 2.75) is 76.3 Å². The first-order chi connectivity index (χ1) is 16.6. The lowest BCUT2D eigenvalue weighted by molar-refractivity contribution is -0.138. The third kappa shape index (κ3) is 5.12. The van der Waals surface area contributed by atoms with Crippen molar-refractivity contribution < 1.29 is 23.8 Å². The van der Waals surface area contributed by atoms with Gasteiger partial charge in [-0.15, -0.1) is 0 Å². The van der Waals surface area contributed by atoms with Gasteiger partial charge in [0.05, 0.1) is 29.8 Å². The number of amides is 2. The Kier molecular flexibility index (Phi) is 6.68. The Balaban J connectivity index is 1.03. The van der Waals surface area contributed by atoms with Crippen molar-refractivity contribution in [3.63, 3.8) is 0 Å². The van der Waals surface area contributed by atoms with Crippen molar-refractivity contribution in [1.29, 1.82) is 0 Å². The van der Waals surface area contributed by atoms with Gasteiger partial charge >= 0.3 is 6.09 Å². The first-order valence-corrected chi connectivity index (χ1v) is 13.4. The maximum absolute atomic E-state index is 12.8. The smallest absolute Gasteiger partial charge is 0.410 e. The summed E-state index contributed by atoms with van der Waals surface area (Å²) in [4.78, 5) is 30.6. The zero-order chi connectivity index (χ0) is 25.0. The Labute approximate surface area is 209 Å². The molecule has 0 radical (unpaired) electrons. The van der Waals surface area contributed by atoms with E-state index in [-0.39, 0.29) is 47.2 Å². The number of carbonyl (C=O) groups is 2. The van der Waals surface area contributed by atoms with Crippen LogP contribution in [0.5, 0.6) is 0 Å². The molecule has 4 heterocycles. The Morgan fingerprint density at radius 2 is 1.89 bits per heavy atom. The number of carbonyl (C=O) groups excluding carboxylic acids is 2. The first kappa shape index (κ1) is 25.0. The van der Waals surface area contributed by atoms with Gasteiger partial charge in [-0.25, -0.2) is 4.79 Å². The Morgan fingerprint density at radius 1 is 1.17 bits per heavy atom. The van der Waals surface area contributed by atoms with Crippen molar-refractivity contribution in [3.05, 3.63) is 11.6 Å². The highest BCUT2D eigenvalue weighted by Crippen LogP contribution is 2.59. The van der Waals surface area contributed by atoms with Gasteiger partial charge in [-0.3, -0.25) is 4.79 Å². The molecule has 5 aliphatic rings. The van der Waals surface area contributed by atoms with Crippen LogP contribution < -0.4 is 0 Å². The number of likely N-dealkylation sites (tertiary alicyclic amines) is 2. The van der Waals surface area contributed by atoms with Crippen LogP contribution in [0.3, 0.4) is 0 Å². The molecule has 5 rings (SSSR count). The molecule has 0 aromatic rings. The second kappa shape index (κ2) is 9.34. The molecular weight excluding hydrogens is 446 g/mol. The fraction of sp³-hybridized carbons (Fsp3) is 0.852. The van der Waals surface area contributed by atoms with Gasteiger partial charge in [-0.2, -0.15) is 0 Å². The average molecular weight is 490 g/mol. The molecule has 2 amide bonds. The number of nitrogens with zero attached hydrogens (tertiary/aromatic N) is 3. The topological polar surface area (TPSA) is 78.2 Å². The van der Waals surface area contributed by atoms with Crippen LogP contribution in [0.1, 0.15) is 52.9 Å². The SMILES string of the molecule is CC(C)=CC[C@H]1O[C@]1(C)C1CC(OC(=O)N2CC(CCN3CC(C(=O)N(C)C)C3)C2)CCC12CO2. The number of rotatable bonds is 8. The normalized spacial score (nSPS) is 36.8. The first-order valence-electron chi connectivity index (χ1n) is 13.4. The fourth-order valence-electron chi connectivity index (χ4n) is 6.44. The van der Waals surface area contributed by atoms with E-state index in [4.69, 9.17) is 14.2 Å². The van der Waals surface area contributed by atoms with Crippen LogP contribution in [0.4, 0.5) is 4.79 Å². The zero-order valence-corrected chi connectivity index (χ0v) is 22.1. The predicted molar refractivity (Wildman–Crippen MR) is 132 cm³/mol. The summed E-state index contributed by atoms with van der Waals surface area (Å²) in [7, 11) is 3.64. The van der Waals surface area contributed by atoms with Crippen molar-refractivity contribution in [2.75, 3.05) is 53.4 Å². The molecule has 3 unspecified atom stereocenters. The summed E-state index contributed by atoms with van der Waals surface area (Å²) in [5, 5.41) is 0. The Morgan fingerprint density at radius 3 is 2.51 bits per heavy atom. The lowest BCUT2D eigenvalue weighted by Crippen LogP contribution is -2.55. The molecule has 4 saturated heterocycles. The Bertz CT molecular complexity index is 855. The number of epoxide rings is 2. The van der Waals surface area contributed by atoms with Gasteiger partial charge in [0, 0.05) is 46.2 Å². The molecular formula is C27H43N3O5. The molecule has 196 valence electrons. The number of hydrogen-bond donors (Lipinski definition) is 0. The lowest BCUT2D eigenvalue weighted by atomic mass is 9.70. The summed E-state index contributed by atoms with van der Waals surface area (Å²) in [6.07, 6.45) is 6.91. The van der Waals surface area contributed by atoms with E-state index in [2.05, 4.69) is 31.7 Å². The van der Waals surface area contributed by atoms with Crippen LogP contribution in [-0.2, 0) is 19.0 Å². The van der Waals surface area contributed by atoms with Gasteiger partial charge in [0.15, 0.2) is 0 Å². The van der Waals surface area contributed by atoms with Gasteiger partial charge in [-0.1, -0.05) is 11.6 Å².